The summed E-state index contributed by atoms with van der Waals surface area (Å²) >= 11 is 6.45. The molecule has 3 aromatic rings. The van der Waals surface area contributed by atoms with E-state index in [1.807, 2.05) is 12.1 Å². The van der Waals surface area contributed by atoms with E-state index in [2.05, 4.69) is 51.6 Å². The summed E-state index contributed by atoms with van der Waals surface area (Å²) in [6.07, 6.45) is -0.464. The number of anilines is 3. The van der Waals surface area contributed by atoms with Crippen molar-refractivity contribution in [2.24, 2.45) is 0 Å². The molecule has 2 saturated heterocycles. The molecule has 5 N–H and O–H groups in total. The zero-order chi connectivity index (χ0) is 30.2. The van der Waals surface area contributed by atoms with E-state index in [1.165, 1.54) is 5.56 Å². The molecular formula is C32H35ClN6O4. The number of carbonyl (C=O) groups is 3. The molecule has 0 aliphatic carbocycles. The molecule has 224 valence electrons. The molecule has 0 saturated carbocycles. The third-order valence-corrected chi connectivity index (χ3v) is 8.85. The predicted octanol–water partition coefficient (Wildman–Crippen LogP) is 3.44. The summed E-state index contributed by atoms with van der Waals surface area (Å²) in [4.78, 5) is 44.7. The Kier molecular flexibility index (Phi) is 8.00. The Bertz CT molecular complexity index is 1560. The van der Waals surface area contributed by atoms with Gasteiger partial charge in [0.05, 0.1) is 21.8 Å². The molecule has 2 unspecified atom stereocenters. The number of nitrogens with one attached hydrogen (secondary N) is 2. The average Bonchev–Trinajstić information content (AvgIpc) is 3.23. The molecule has 3 atom stereocenters. The number of piperazine rings is 1. The summed E-state index contributed by atoms with van der Waals surface area (Å²) in [5.41, 5.74) is 10.9. The van der Waals surface area contributed by atoms with E-state index in [9.17, 15) is 19.5 Å². The summed E-state index contributed by atoms with van der Waals surface area (Å²) in [6.45, 7) is 6.19. The van der Waals surface area contributed by atoms with Crippen molar-refractivity contribution >= 4 is 46.4 Å². The summed E-state index contributed by atoms with van der Waals surface area (Å²) in [6, 6.07) is 18.6. The Morgan fingerprint density at radius 3 is 2.49 bits per heavy atom. The number of benzene rings is 3. The van der Waals surface area contributed by atoms with Gasteiger partial charge in [0.1, 0.15) is 12.3 Å². The van der Waals surface area contributed by atoms with E-state index in [4.69, 9.17) is 17.3 Å². The van der Waals surface area contributed by atoms with Crippen molar-refractivity contribution in [1.82, 2.24) is 15.1 Å². The molecule has 6 rings (SSSR count). The summed E-state index contributed by atoms with van der Waals surface area (Å²) in [5, 5.41) is 16.1. The Hall–Kier alpha value is -4.12. The number of nitrogens with zero attached hydrogens (tertiary/aromatic N) is 3. The van der Waals surface area contributed by atoms with Crippen LogP contribution in [0.25, 0.3) is 0 Å². The van der Waals surface area contributed by atoms with E-state index in [0.29, 0.717) is 29.0 Å². The largest absolute Gasteiger partial charge is 0.399 e. The molecule has 0 aromatic heterocycles. The van der Waals surface area contributed by atoms with Gasteiger partial charge in [-0.15, -0.1) is 0 Å². The second-order valence-electron chi connectivity index (χ2n) is 11.5. The first-order valence-corrected chi connectivity index (χ1v) is 14.9. The molecule has 2 fully saturated rings. The fraction of sp³-hybridized carbons (Fsp3) is 0.344. The van der Waals surface area contributed by atoms with Crippen LogP contribution in [-0.4, -0.2) is 70.6 Å². The SMILES string of the molecule is C[C@@H]1CN(c2ccc(N)cc2Cl)CCN1Cc1ccc(CNc2cccc3c2C(=O)N(C2CCC(O)NC2=O)C3=O)cc1. The van der Waals surface area contributed by atoms with Crippen molar-refractivity contribution in [1.29, 1.82) is 0 Å². The molecule has 3 heterocycles. The number of nitrogens with two attached hydrogens (primary N) is 1. The molecule has 0 spiro atoms. The van der Waals surface area contributed by atoms with Crippen LogP contribution in [0.4, 0.5) is 17.1 Å². The highest BCUT2D eigenvalue weighted by Crippen LogP contribution is 2.33. The normalized spacial score (nSPS) is 22.5. The zero-order valence-electron chi connectivity index (χ0n) is 23.9. The van der Waals surface area contributed by atoms with Crippen LogP contribution in [0, 0.1) is 0 Å². The van der Waals surface area contributed by atoms with Crippen LogP contribution in [0.15, 0.2) is 60.7 Å². The van der Waals surface area contributed by atoms with E-state index >= 15 is 0 Å². The van der Waals surface area contributed by atoms with Crippen LogP contribution in [0.2, 0.25) is 5.02 Å². The summed E-state index contributed by atoms with van der Waals surface area (Å²) in [5.74, 6) is -1.51. The number of hydrogen-bond donors (Lipinski definition) is 4. The molecule has 10 nitrogen and oxygen atoms in total. The lowest BCUT2D eigenvalue weighted by molar-refractivity contribution is -0.131. The van der Waals surface area contributed by atoms with Gasteiger partial charge in [-0.05, 0) is 61.2 Å². The van der Waals surface area contributed by atoms with Gasteiger partial charge in [0.2, 0.25) is 5.91 Å². The molecule has 11 heteroatoms. The van der Waals surface area contributed by atoms with Gasteiger partial charge in [-0.2, -0.15) is 0 Å². The maximum absolute atomic E-state index is 13.4. The first-order chi connectivity index (χ1) is 20.7. The predicted molar refractivity (Wildman–Crippen MR) is 166 cm³/mol. The van der Waals surface area contributed by atoms with Crippen molar-refractivity contribution in [2.45, 2.75) is 51.2 Å². The number of hydrogen-bond acceptors (Lipinski definition) is 8. The van der Waals surface area contributed by atoms with Gasteiger partial charge in [0.25, 0.3) is 11.8 Å². The van der Waals surface area contributed by atoms with E-state index < -0.39 is 30.0 Å². The quantitative estimate of drug-likeness (QED) is 0.239. The molecule has 3 amide bonds. The first kappa shape index (κ1) is 29.0. The van der Waals surface area contributed by atoms with Crippen LogP contribution in [0.3, 0.4) is 0 Å². The molecule has 3 aromatic carbocycles. The van der Waals surface area contributed by atoms with Crippen molar-refractivity contribution in [3.05, 3.63) is 87.9 Å². The lowest BCUT2D eigenvalue weighted by atomic mass is 10.0. The molecule has 43 heavy (non-hydrogen) atoms. The van der Waals surface area contributed by atoms with Gasteiger partial charge in [-0.3, -0.25) is 24.2 Å². The van der Waals surface area contributed by atoms with Gasteiger partial charge in [-0.25, -0.2) is 0 Å². The standard InChI is InChI=1S/C32H35ClN6O4/c1-19-17-38(26-10-9-22(34)15-24(26)33)14-13-37(19)18-21-7-5-20(6-8-21)16-35-25-4-2-3-23-29(25)32(43)39(31(23)42)27-11-12-28(40)36-30(27)41/h2-10,15,19,27-28,35,40H,11-14,16-18,34H2,1H3,(H,36,41)/t19-,27?,28?/m1/s1. The van der Waals surface area contributed by atoms with Gasteiger partial charge in [0, 0.05) is 50.1 Å². The van der Waals surface area contributed by atoms with Crippen LogP contribution in [0.5, 0.6) is 0 Å². The van der Waals surface area contributed by atoms with E-state index in [0.717, 1.165) is 42.3 Å². The van der Waals surface area contributed by atoms with E-state index in [1.54, 1.807) is 24.3 Å². The minimum Gasteiger partial charge on any atom is -0.399 e. The lowest BCUT2D eigenvalue weighted by Crippen LogP contribution is -2.55. The Morgan fingerprint density at radius 2 is 1.77 bits per heavy atom. The number of imide groups is 1. The maximum atomic E-state index is 13.4. The molecule has 3 aliphatic rings. The smallest absolute Gasteiger partial charge is 0.264 e. The summed E-state index contributed by atoms with van der Waals surface area (Å²) < 4.78 is 0. The Balaban J connectivity index is 1.07. The van der Waals surface area contributed by atoms with Crippen LogP contribution in [-0.2, 0) is 17.9 Å². The zero-order valence-corrected chi connectivity index (χ0v) is 24.7. The Labute approximate surface area is 255 Å². The van der Waals surface area contributed by atoms with Crippen LogP contribution >= 0.6 is 11.6 Å². The minimum absolute atomic E-state index is 0.221. The number of rotatable bonds is 7. The number of amides is 3. The fourth-order valence-corrected chi connectivity index (χ4v) is 6.49. The van der Waals surface area contributed by atoms with Crippen molar-refractivity contribution < 1.29 is 19.5 Å². The Morgan fingerprint density at radius 1 is 1.00 bits per heavy atom. The topological polar surface area (TPSA) is 131 Å². The monoisotopic (exact) mass is 602 g/mol. The van der Waals surface area contributed by atoms with Crippen LogP contribution < -0.4 is 21.3 Å². The first-order valence-electron chi connectivity index (χ1n) is 14.5. The third-order valence-electron chi connectivity index (χ3n) is 8.55. The number of nitrogen functional groups attached to an aromatic ring is 1. The highest BCUT2D eigenvalue weighted by Gasteiger charge is 2.45. The summed E-state index contributed by atoms with van der Waals surface area (Å²) in [7, 11) is 0. The van der Waals surface area contributed by atoms with Crippen molar-refractivity contribution in [2.75, 3.05) is 35.6 Å². The number of aliphatic hydroxyl groups is 1. The minimum atomic E-state index is -0.962. The average molecular weight is 603 g/mol. The second-order valence-corrected chi connectivity index (χ2v) is 11.9. The number of halogens is 1. The number of fused-ring (bicyclic) bond motifs is 1. The molecule has 3 aliphatic heterocycles. The van der Waals surface area contributed by atoms with Gasteiger partial charge >= 0.3 is 0 Å². The highest BCUT2D eigenvalue weighted by molar-refractivity contribution is 6.33. The second kappa shape index (κ2) is 11.9. The molecule has 0 bridgehead atoms. The van der Waals surface area contributed by atoms with E-state index in [-0.39, 0.29) is 24.0 Å². The van der Waals surface area contributed by atoms with Gasteiger partial charge in [0.15, 0.2) is 0 Å². The number of aliphatic hydroxyl groups excluding tert-OH is 1. The number of piperidine rings is 1. The van der Waals surface area contributed by atoms with Gasteiger partial charge in [-0.1, -0.05) is 41.9 Å². The third kappa shape index (κ3) is 5.78. The van der Waals surface area contributed by atoms with Crippen molar-refractivity contribution in [3.8, 4) is 0 Å². The number of carbonyl (C=O) groups excluding carboxylic acids is 3. The molecule has 0 radical (unpaired) electrons. The highest BCUT2D eigenvalue weighted by atomic mass is 35.5. The van der Waals surface area contributed by atoms with Crippen molar-refractivity contribution in [3.63, 3.8) is 0 Å². The van der Waals surface area contributed by atoms with Gasteiger partial charge < -0.3 is 26.4 Å². The lowest BCUT2D eigenvalue weighted by Gasteiger charge is -2.41. The fourth-order valence-electron chi connectivity index (χ4n) is 6.18. The molecular weight excluding hydrogens is 568 g/mol. The van der Waals surface area contributed by atoms with Crippen LogP contribution in [0.1, 0.15) is 51.6 Å². The maximum Gasteiger partial charge on any atom is 0.264 e.